The van der Waals surface area contributed by atoms with Gasteiger partial charge in [-0.25, -0.2) is 0 Å². The summed E-state index contributed by atoms with van der Waals surface area (Å²) in [4.78, 5) is 12.4. The van der Waals surface area contributed by atoms with Crippen molar-refractivity contribution < 1.29 is 9.53 Å². The van der Waals surface area contributed by atoms with E-state index < -0.39 is 0 Å². The number of benzene rings is 1. The highest BCUT2D eigenvalue weighted by Crippen LogP contribution is 2.53. The van der Waals surface area contributed by atoms with Gasteiger partial charge in [-0.05, 0) is 68.7 Å². The molecule has 3 nitrogen and oxygen atoms in total. The van der Waals surface area contributed by atoms with Crippen LogP contribution in [0.25, 0.3) is 0 Å². The van der Waals surface area contributed by atoms with E-state index in [2.05, 4.69) is 17.5 Å². The van der Waals surface area contributed by atoms with E-state index in [1.165, 1.54) is 0 Å². The van der Waals surface area contributed by atoms with Crippen molar-refractivity contribution in [2.24, 2.45) is 17.8 Å². The molecule has 1 N–H and O–H groups in total. The fraction of sp³-hybridized carbons (Fsp3) is 0.500. The zero-order chi connectivity index (χ0) is 14.7. The Morgan fingerprint density at radius 2 is 1.76 bits per heavy atom. The van der Waals surface area contributed by atoms with Crippen LogP contribution >= 0.6 is 0 Å². The maximum Gasteiger partial charge on any atom is 0.228 e. The maximum atomic E-state index is 12.4. The lowest BCUT2D eigenvalue weighted by atomic mass is 10.1. The van der Waals surface area contributed by atoms with Gasteiger partial charge < -0.3 is 10.1 Å². The van der Waals surface area contributed by atoms with Gasteiger partial charge in [-0.3, -0.25) is 4.79 Å². The van der Waals surface area contributed by atoms with Gasteiger partial charge in [-0.2, -0.15) is 0 Å². The predicted octanol–water partition coefficient (Wildman–Crippen LogP) is 4.02. The number of allylic oxidation sites excluding steroid dienone is 2. The molecule has 0 bridgehead atoms. The molecule has 1 aromatic carbocycles. The number of ether oxygens (including phenoxy) is 1. The first-order chi connectivity index (χ1) is 10.3. The number of nitrogens with one attached hydrogen (secondary N) is 1. The van der Waals surface area contributed by atoms with E-state index in [1.54, 1.807) is 0 Å². The molecule has 0 radical (unpaired) electrons. The summed E-state index contributed by atoms with van der Waals surface area (Å²) in [6.07, 6.45) is 9.07. The van der Waals surface area contributed by atoms with Crippen molar-refractivity contribution in [1.82, 2.24) is 0 Å². The Kier molecular flexibility index (Phi) is 4.28. The van der Waals surface area contributed by atoms with E-state index in [0.717, 1.165) is 37.1 Å². The first-order valence-electron chi connectivity index (χ1n) is 7.98. The van der Waals surface area contributed by atoms with Crippen molar-refractivity contribution in [3.05, 3.63) is 36.4 Å². The Hall–Kier alpha value is -1.77. The number of carbonyl (C=O) groups excluding carboxylic acids is 1. The highest BCUT2D eigenvalue weighted by Gasteiger charge is 2.53. The van der Waals surface area contributed by atoms with Crippen molar-refractivity contribution >= 4 is 11.6 Å². The summed E-state index contributed by atoms with van der Waals surface area (Å²) in [5.74, 6) is 2.44. The molecule has 0 aromatic heterocycles. The van der Waals surface area contributed by atoms with E-state index in [9.17, 15) is 4.79 Å². The second-order valence-corrected chi connectivity index (χ2v) is 5.93. The van der Waals surface area contributed by atoms with Gasteiger partial charge in [0.2, 0.25) is 5.91 Å². The van der Waals surface area contributed by atoms with Gasteiger partial charge >= 0.3 is 0 Å². The van der Waals surface area contributed by atoms with Gasteiger partial charge in [-0.15, -0.1) is 0 Å². The molecule has 3 rings (SSSR count). The van der Waals surface area contributed by atoms with Gasteiger partial charge in [0.05, 0.1) is 6.61 Å². The lowest BCUT2D eigenvalue weighted by Crippen LogP contribution is -2.15. The largest absolute Gasteiger partial charge is 0.494 e. The number of anilines is 1. The molecule has 2 atom stereocenters. The third-order valence-corrected chi connectivity index (χ3v) is 4.57. The topological polar surface area (TPSA) is 38.3 Å². The van der Waals surface area contributed by atoms with E-state index >= 15 is 0 Å². The van der Waals surface area contributed by atoms with Crippen molar-refractivity contribution in [2.75, 3.05) is 11.9 Å². The van der Waals surface area contributed by atoms with Gasteiger partial charge in [0.15, 0.2) is 0 Å². The average molecular weight is 285 g/mol. The molecule has 1 saturated carbocycles. The Morgan fingerprint density at radius 1 is 1.14 bits per heavy atom. The van der Waals surface area contributed by atoms with Crippen molar-refractivity contribution in [2.45, 2.75) is 32.6 Å². The van der Waals surface area contributed by atoms with Gasteiger partial charge in [0.1, 0.15) is 5.75 Å². The summed E-state index contributed by atoms with van der Waals surface area (Å²) < 4.78 is 5.41. The van der Waals surface area contributed by atoms with Gasteiger partial charge in [0, 0.05) is 11.6 Å². The molecule has 2 aliphatic rings. The summed E-state index contributed by atoms with van der Waals surface area (Å²) in [5, 5.41) is 3.06. The minimum Gasteiger partial charge on any atom is -0.494 e. The van der Waals surface area contributed by atoms with Crippen LogP contribution in [-0.4, -0.2) is 12.5 Å². The van der Waals surface area contributed by atoms with Crippen molar-refractivity contribution in [1.29, 1.82) is 0 Å². The second-order valence-electron chi connectivity index (χ2n) is 5.93. The second kappa shape index (κ2) is 6.33. The number of amides is 1. The molecule has 21 heavy (non-hydrogen) atoms. The Balaban J connectivity index is 1.57. The summed E-state index contributed by atoms with van der Waals surface area (Å²) in [5.41, 5.74) is 0.862. The zero-order valence-electron chi connectivity index (χ0n) is 12.5. The van der Waals surface area contributed by atoms with Crippen molar-refractivity contribution in [3.63, 3.8) is 0 Å². The first-order valence-corrected chi connectivity index (χ1v) is 7.98. The average Bonchev–Trinajstić information content (AvgIpc) is 3.12. The van der Waals surface area contributed by atoms with Crippen LogP contribution in [0.3, 0.4) is 0 Å². The Bertz CT molecular complexity index is 505. The quantitative estimate of drug-likeness (QED) is 0.849. The molecule has 0 unspecified atom stereocenters. The summed E-state index contributed by atoms with van der Waals surface area (Å²) in [6.45, 7) is 2.62. The predicted molar refractivity (Wildman–Crippen MR) is 84.3 cm³/mol. The van der Waals surface area contributed by atoms with Crippen LogP contribution in [0.4, 0.5) is 5.69 Å². The lowest BCUT2D eigenvalue weighted by molar-refractivity contribution is -0.117. The van der Waals surface area contributed by atoms with Crippen LogP contribution in [0.5, 0.6) is 5.75 Å². The molecular formula is C18H23NO2. The number of hydrogen-bond donors (Lipinski definition) is 1. The van der Waals surface area contributed by atoms with Crippen LogP contribution in [0, 0.1) is 17.8 Å². The van der Waals surface area contributed by atoms with Crippen LogP contribution in [0.15, 0.2) is 36.4 Å². The number of hydrogen-bond acceptors (Lipinski definition) is 2. The summed E-state index contributed by atoms with van der Waals surface area (Å²) in [6, 6.07) is 7.63. The number of fused-ring (bicyclic) bond motifs is 1. The Labute approximate surface area is 126 Å². The van der Waals surface area contributed by atoms with Crippen LogP contribution < -0.4 is 10.1 Å². The zero-order valence-corrected chi connectivity index (χ0v) is 12.5. The van der Waals surface area contributed by atoms with Crippen LogP contribution in [-0.2, 0) is 4.79 Å². The highest BCUT2D eigenvalue weighted by molar-refractivity contribution is 5.94. The molecule has 0 heterocycles. The third kappa shape index (κ3) is 3.29. The minimum absolute atomic E-state index is 0.191. The van der Waals surface area contributed by atoms with E-state index in [1.807, 2.05) is 31.2 Å². The van der Waals surface area contributed by atoms with E-state index in [0.29, 0.717) is 18.4 Å². The summed E-state index contributed by atoms with van der Waals surface area (Å²) in [7, 11) is 0. The monoisotopic (exact) mass is 285 g/mol. The molecule has 1 amide bonds. The molecule has 3 heteroatoms. The fourth-order valence-electron chi connectivity index (χ4n) is 3.46. The van der Waals surface area contributed by atoms with Gasteiger partial charge in [-0.1, -0.05) is 12.2 Å². The van der Waals surface area contributed by atoms with Crippen molar-refractivity contribution in [3.8, 4) is 5.75 Å². The molecule has 1 aromatic rings. The normalized spacial score (nSPS) is 28.7. The molecular weight excluding hydrogens is 262 g/mol. The standard InChI is InChI=1S/C18H23NO2/c1-2-21-14-11-9-13(10-12-14)19-18(20)17-15-7-5-3-4-6-8-16(15)17/h3-4,9-12,15-17H,2,5-8H2,1H3,(H,19,20)/b4-3-/t15-,16-/m0/s1. The van der Waals surface area contributed by atoms with E-state index in [4.69, 9.17) is 4.74 Å². The summed E-state index contributed by atoms with van der Waals surface area (Å²) >= 11 is 0. The maximum absolute atomic E-state index is 12.4. The van der Waals surface area contributed by atoms with Crippen LogP contribution in [0.1, 0.15) is 32.6 Å². The molecule has 0 aliphatic heterocycles. The SMILES string of the molecule is CCOc1ccc(NC(=O)C2[C@H]3CC/C=C\CC[C@H]23)cc1. The number of rotatable bonds is 4. The number of carbonyl (C=O) groups is 1. The molecule has 0 saturated heterocycles. The molecule has 112 valence electrons. The molecule has 0 spiro atoms. The highest BCUT2D eigenvalue weighted by atomic mass is 16.5. The Morgan fingerprint density at radius 3 is 2.33 bits per heavy atom. The molecule has 2 aliphatic carbocycles. The minimum atomic E-state index is 0.191. The van der Waals surface area contributed by atoms with Gasteiger partial charge in [0.25, 0.3) is 0 Å². The fourth-order valence-corrected chi connectivity index (χ4v) is 3.46. The smallest absolute Gasteiger partial charge is 0.228 e. The molecule has 1 fully saturated rings. The lowest BCUT2D eigenvalue weighted by Gasteiger charge is -2.07. The van der Waals surface area contributed by atoms with Crippen LogP contribution in [0.2, 0.25) is 0 Å². The van der Waals surface area contributed by atoms with E-state index in [-0.39, 0.29) is 11.8 Å². The third-order valence-electron chi connectivity index (χ3n) is 4.57. The first kappa shape index (κ1) is 14.2.